The van der Waals surface area contributed by atoms with Crippen molar-refractivity contribution in [3.05, 3.63) is 0 Å². The summed E-state index contributed by atoms with van der Waals surface area (Å²) in [6, 6.07) is 0. The Labute approximate surface area is 562 Å². The van der Waals surface area contributed by atoms with Crippen LogP contribution in [0.4, 0.5) is 0 Å². The zero-order chi connectivity index (χ0) is 68.2. The van der Waals surface area contributed by atoms with E-state index in [1.807, 2.05) is 0 Å². The number of phosphoric acid groups is 2. The number of rotatable bonds is 70. The summed E-state index contributed by atoms with van der Waals surface area (Å²) in [4.78, 5) is 72.6. The summed E-state index contributed by atoms with van der Waals surface area (Å²) < 4.78 is 68.4. The number of carbonyl (C=O) groups excluding carboxylic acids is 4. The van der Waals surface area contributed by atoms with Crippen LogP contribution >= 0.6 is 15.6 Å². The van der Waals surface area contributed by atoms with Gasteiger partial charge in [-0.3, -0.25) is 37.3 Å². The van der Waals surface area contributed by atoms with Crippen LogP contribution in [0.25, 0.3) is 0 Å². The van der Waals surface area contributed by atoms with Crippen molar-refractivity contribution in [1.29, 1.82) is 0 Å². The molecular weight excluding hydrogens is 1210 g/mol. The van der Waals surface area contributed by atoms with Gasteiger partial charge in [0.2, 0.25) is 0 Å². The van der Waals surface area contributed by atoms with Gasteiger partial charge in [0.05, 0.1) is 26.4 Å². The van der Waals surface area contributed by atoms with E-state index in [0.29, 0.717) is 25.7 Å². The standard InChI is InChI=1S/C73H142O17P2/c1-9-65(7)51-43-35-27-22-24-30-40-48-56-73(78)89-68(59-83-70(75)53-45-37-28-20-18-16-14-12-11-13-15-17-19-25-33-41-49-63(3)4)61-87-91(79,80)85-57-67(74)58-86-92(81,82)88-62-69(60-84-71(76)54-46-38-32-31-36-44-52-66(8)10-2)90-72(77)55-47-39-29-23-21-26-34-42-50-64(5)6/h63-69,74H,9-62H2,1-8H3,(H,79,80)(H,81,82)/t65?,66?,67-,68-,69-/m1/s1. The number of hydrogen-bond donors (Lipinski definition) is 3. The van der Waals surface area contributed by atoms with Gasteiger partial charge >= 0.3 is 39.5 Å². The van der Waals surface area contributed by atoms with E-state index in [4.69, 9.17) is 37.0 Å². The number of unbranched alkanes of at least 4 members (excludes halogenated alkanes) is 34. The molecule has 0 spiro atoms. The normalized spacial score (nSPS) is 14.8. The zero-order valence-corrected chi connectivity index (χ0v) is 62.0. The van der Waals surface area contributed by atoms with Crippen LogP contribution in [-0.4, -0.2) is 96.7 Å². The molecule has 0 radical (unpaired) electrons. The fraction of sp³-hybridized carbons (Fsp3) is 0.945. The molecule has 0 saturated heterocycles. The summed E-state index contributed by atoms with van der Waals surface area (Å²) in [7, 11) is -9.91. The summed E-state index contributed by atoms with van der Waals surface area (Å²) in [6.07, 6.45) is 45.9. The fourth-order valence-corrected chi connectivity index (χ4v) is 12.5. The van der Waals surface area contributed by atoms with Gasteiger partial charge in [0, 0.05) is 25.7 Å². The number of carbonyl (C=O) groups is 4. The molecule has 0 heterocycles. The second-order valence-electron chi connectivity index (χ2n) is 27.8. The molecule has 7 atom stereocenters. The minimum Gasteiger partial charge on any atom is -0.462 e. The average molecular weight is 1350 g/mol. The predicted molar refractivity (Wildman–Crippen MR) is 372 cm³/mol. The molecular formula is C73H142O17P2. The summed E-state index contributed by atoms with van der Waals surface area (Å²) in [5.74, 6) is 0.902. The Bertz CT molecular complexity index is 1820. The molecule has 0 aromatic rings. The first-order valence-electron chi connectivity index (χ1n) is 37.8. The molecule has 0 amide bonds. The molecule has 0 fully saturated rings. The fourth-order valence-electron chi connectivity index (χ4n) is 11.0. The van der Waals surface area contributed by atoms with Crippen LogP contribution in [0.2, 0.25) is 0 Å². The third kappa shape index (κ3) is 64.1. The molecule has 3 N–H and O–H groups in total. The van der Waals surface area contributed by atoms with Crippen LogP contribution in [0.15, 0.2) is 0 Å². The number of hydrogen-bond acceptors (Lipinski definition) is 15. The molecule has 0 aromatic heterocycles. The van der Waals surface area contributed by atoms with Crippen molar-refractivity contribution in [2.45, 2.75) is 382 Å². The molecule has 0 saturated carbocycles. The molecule has 0 aromatic carbocycles. The van der Waals surface area contributed by atoms with Gasteiger partial charge in [0.15, 0.2) is 12.2 Å². The van der Waals surface area contributed by atoms with Gasteiger partial charge in [-0.25, -0.2) is 9.13 Å². The van der Waals surface area contributed by atoms with Crippen molar-refractivity contribution >= 4 is 39.5 Å². The predicted octanol–water partition coefficient (Wildman–Crippen LogP) is 20.9. The van der Waals surface area contributed by atoms with Crippen molar-refractivity contribution < 1.29 is 80.2 Å². The van der Waals surface area contributed by atoms with Gasteiger partial charge in [-0.1, -0.05) is 312 Å². The Hall–Kier alpha value is -1.94. The van der Waals surface area contributed by atoms with Gasteiger partial charge in [-0.2, -0.15) is 0 Å². The van der Waals surface area contributed by atoms with E-state index in [1.165, 1.54) is 161 Å². The summed E-state index contributed by atoms with van der Waals surface area (Å²) in [5.41, 5.74) is 0. The van der Waals surface area contributed by atoms with Crippen LogP contribution in [0.5, 0.6) is 0 Å². The number of ether oxygens (including phenoxy) is 4. The molecule has 0 aliphatic rings. The van der Waals surface area contributed by atoms with Crippen molar-refractivity contribution in [2.75, 3.05) is 39.6 Å². The summed E-state index contributed by atoms with van der Waals surface area (Å²) in [5, 5.41) is 10.6. The van der Waals surface area contributed by atoms with E-state index in [2.05, 4.69) is 55.4 Å². The molecule has 19 heteroatoms. The number of esters is 4. The van der Waals surface area contributed by atoms with E-state index >= 15 is 0 Å². The Morgan fingerprint density at radius 2 is 0.522 bits per heavy atom. The summed E-state index contributed by atoms with van der Waals surface area (Å²) >= 11 is 0. The van der Waals surface area contributed by atoms with Gasteiger partial charge in [-0.15, -0.1) is 0 Å². The largest absolute Gasteiger partial charge is 0.472 e. The molecule has 0 aliphatic carbocycles. The number of phosphoric ester groups is 2. The third-order valence-electron chi connectivity index (χ3n) is 17.5. The highest BCUT2D eigenvalue weighted by Crippen LogP contribution is 2.45. The van der Waals surface area contributed by atoms with E-state index in [-0.39, 0.29) is 25.7 Å². The van der Waals surface area contributed by atoms with Crippen molar-refractivity contribution in [1.82, 2.24) is 0 Å². The number of aliphatic hydroxyl groups is 1. The van der Waals surface area contributed by atoms with Gasteiger partial charge in [0.1, 0.15) is 19.3 Å². The maximum absolute atomic E-state index is 13.0. The molecule has 17 nitrogen and oxygen atoms in total. The highest BCUT2D eigenvalue weighted by Gasteiger charge is 2.30. The first-order chi connectivity index (χ1) is 44.2. The summed E-state index contributed by atoms with van der Waals surface area (Å²) in [6.45, 7) is 14.1. The lowest BCUT2D eigenvalue weighted by Gasteiger charge is -2.21. The smallest absolute Gasteiger partial charge is 0.462 e. The maximum Gasteiger partial charge on any atom is 0.472 e. The minimum atomic E-state index is -4.96. The lowest BCUT2D eigenvalue weighted by molar-refractivity contribution is -0.161. The first-order valence-corrected chi connectivity index (χ1v) is 40.8. The quantitative estimate of drug-likeness (QED) is 0.0222. The average Bonchev–Trinajstić information content (AvgIpc) is 2.44. The molecule has 0 bridgehead atoms. The van der Waals surface area contributed by atoms with Crippen LogP contribution in [0, 0.1) is 23.7 Å². The SMILES string of the molecule is CCC(C)CCCCCCCCCCC(=O)O[C@H](COC(=O)CCCCCCCCCCCCCCCCCCC(C)C)COP(=O)(O)OC[C@@H](O)COP(=O)(O)OC[C@@H](COC(=O)CCCCCCCCC(C)CC)OC(=O)CCCCCCCCCCC(C)C. The molecule has 0 aliphatic heterocycles. The zero-order valence-electron chi connectivity index (χ0n) is 60.2. The third-order valence-corrected chi connectivity index (χ3v) is 19.4. The molecule has 4 unspecified atom stereocenters. The van der Waals surface area contributed by atoms with Crippen LogP contribution in [0.1, 0.15) is 364 Å². The highest BCUT2D eigenvalue weighted by molar-refractivity contribution is 7.47. The molecule has 0 rings (SSSR count). The van der Waals surface area contributed by atoms with Crippen molar-refractivity contribution in [2.24, 2.45) is 23.7 Å². The Morgan fingerprint density at radius 3 is 0.772 bits per heavy atom. The molecule has 546 valence electrons. The maximum atomic E-state index is 13.0. The molecule has 92 heavy (non-hydrogen) atoms. The lowest BCUT2D eigenvalue weighted by Crippen LogP contribution is -2.30. The first kappa shape index (κ1) is 90.1. The van der Waals surface area contributed by atoms with E-state index in [0.717, 1.165) is 120 Å². The van der Waals surface area contributed by atoms with Crippen molar-refractivity contribution in [3.63, 3.8) is 0 Å². The van der Waals surface area contributed by atoms with Crippen LogP contribution in [0.3, 0.4) is 0 Å². The Balaban J connectivity index is 5.21. The van der Waals surface area contributed by atoms with Crippen molar-refractivity contribution in [3.8, 4) is 0 Å². The van der Waals surface area contributed by atoms with Crippen LogP contribution < -0.4 is 0 Å². The van der Waals surface area contributed by atoms with E-state index in [9.17, 15) is 43.2 Å². The topological polar surface area (TPSA) is 237 Å². The van der Waals surface area contributed by atoms with E-state index < -0.39 is 97.5 Å². The lowest BCUT2D eigenvalue weighted by atomic mass is 9.99. The second-order valence-corrected chi connectivity index (χ2v) is 30.7. The monoisotopic (exact) mass is 1350 g/mol. The van der Waals surface area contributed by atoms with Gasteiger partial charge in [0.25, 0.3) is 0 Å². The number of aliphatic hydroxyl groups excluding tert-OH is 1. The van der Waals surface area contributed by atoms with Gasteiger partial charge in [-0.05, 0) is 49.4 Å². The second kappa shape index (κ2) is 62.6. The Morgan fingerprint density at radius 1 is 0.304 bits per heavy atom. The van der Waals surface area contributed by atoms with Crippen LogP contribution in [-0.2, 0) is 65.4 Å². The highest BCUT2D eigenvalue weighted by atomic mass is 31.2. The van der Waals surface area contributed by atoms with Gasteiger partial charge < -0.3 is 33.8 Å². The van der Waals surface area contributed by atoms with E-state index in [1.54, 1.807) is 0 Å². The minimum absolute atomic E-state index is 0.103. The Kier molecular flexibility index (Phi) is 61.3.